The zero-order valence-electron chi connectivity index (χ0n) is 16.4. The molecule has 0 aromatic heterocycles. The van der Waals surface area contributed by atoms with E-state index in [0.29, 0.717) is 0 Å². The molecule has 6 unspecified atom stereocenters. The minimum Gasteiger partial charge on any atom is -0.229 e. The molecule has 2 aromatic carbocycles. The highest BCUT2D eigenvalue weighted by Gasteiger charge is 2.66. The van der Waals surface area contributed by atoms with Gasteiger partial charge in [-0.2, -0.15) is 0 Å². The third-order valence-corrected chi connectivity index (χ3v) is 10.8. The van der Waals surface area contributed by atoms with Crippen LogP contribution in [-0.4, -0.2) is 61.9 Å². The highest BCUT2D eigenvalue weighted by atomic mass is 32.2. The number of hydrogen-bond acceptors (Lipinski definition) is 6. The first-order chi connectivity index (χ1) is 14.3. The van der Waals surface area contributed by atoms with Crippen LogP contribution in [0.2, 0.25) is 0 Å². The van der Waals surface area contributed by atoms with Gasteiger partial charge in [-0.15, -0.1) is 0 Å². The molecule has 0 radical (unpaired) electrons. The SMILES string of the molecule is O=S1(=O)CC2C(C1)N1C(c3ccccc3)C3CS(=O)(=O)CC3N1C2c1ccccc1. The highest BCUT2D eigenvalue weighted by Crippen LogP contribution is 2.58. The summed E-state index contributed by atoms with van der Waals surface area (Å²) in [4.78, 5) is 0. The van der Waals surface area contributed by atoms with Gasteiger partial charge in [0.05, 0.1) is 35.1 Å². The number of nitrogens with zero attached hydrogens (tertiary/aromatic N) is 2. The largest absolute Gasteiger partial charge is 0.229 e. The van der Waals surface area contributed by atoms with Crippen molar-refractivity contribution in [1.82, 2.24) is 10.0 Å². The molecule has 0 saturated carbocycles. The van der Waals surface area contributed by atoms with Crippen molar-refractivity contribution >= 4 is 19.7 Å². The first-order valence-electron chi connectivity index (χ1n) is 10.4. The fourth-order valence-corrected chi connectivity index (χ4v) is 10.5. The standard InChI is InChI=1S/C22H24N2O4S2/c25-29(26)11-17-19(13-29)24-22(16-9-5-2-6-10-16)18-12-30(27,28)14-20(18)23(24)21(17)15-7-3-1-4-8-15/h1-10,17-22H,11-14H2. The molecule has 6 nitrogen and oxygen atoms in total. The van der Waals surface area contributed by atoms with E-state index >= 15 is 0 Å². The van der Waals surface area contributed by atoms with Crippen molar-refractivity contribution < 1.29 is 16.8 Å². The summed E-state index contributed by atoms with van der Waals surface area (Å²) >= 11 is 0. The second-order valence-corrected chi connectivity index (χ2v) is 13.4. The second-order valence-electron chi connectivity index (χ2n) is 9.09. The lowest BCUT2D eigenvalue weighted by Crippen LogP contribution is -2.43. The zero-order valence-corrected chi connectivity index (χ0v) is 18.0. The maximum Gasteiger partial charge on any atom is 0.152 e. The fraction of sp³-hybridized carbons (Fsp3) is 0.455. The number of sulfone groups is 2. The first kappa shape index (κ1) is 19.0. The van der Waals surface area contributed by atoms with Crippen molar-refractivity contribution in [1.29, 1.82) is 0 Å². The summed E-state index contributed by atoms with van der Waals surface area (Å²) in [5.41, 5.74) is 2.15. The van der Waals surface area contributed by atoms with Gasteiger partial charge in [0, 0.05) is 23.9 Å². The summed E-state index contributed by atoms with van der Waals surface area (Å²) in [5.74, 6) is 0.520. The lowest BCUT2D eigenvalue weighted by atomic mass is 9.85. The van der Waals surface area contributed by atoms with E-state index in [4.69, 9.17) is 0 Å². The van der Waals surface area contributed by atoms with Crippen LogP contribution in [-0.2, 0) is 19.7 Å². The number of hydrazine groups is 1. The predicted octanol–water partition coefficient (Wildman–Crippen LogP) is 1.84. The monoisotopic (exact) mass is 444 g/mol. The van der Waals surface area contributed by atoms with Crippen molar-refractivity contribution in [3.05, 3.63) is 71.8 Å². The zero-order chi connectivity index (χ0) is 20.7. The predicted molar refractivity (Wildman–Crippen MR) is 114 cm³/mol. The molecule has 8 heteroatoms. The van der Waals surface area contributed by atoms with Gasteiger partial charge in [-0.3, -0.25) is 0 Å². The Hall–Kier alpha value is -1.74. The van der Waals surface area contributed by atoms with Crippen molar-refractivity contribution in [2.45, 2.75) is 24.2 Å². The van der Waals surface area contributed by atoms with Crippen molar-refractivity contribution in [2.24, 2.45) is 11.8 Å². The number of benzene rings is 2. The molecule has 0 N–H and O–H groups in total. The van der Waals surface area contributed by atoms with Gasteiger partial charge in [-0.25, -0.2) is 26.9 Å². The Morgan fingerprint density at radius 1 is 0.567 bits per heavy atom. The van der Waals surface area contributed by atoms with Crippen molar-refractivity contribution in [2.75, 3.05) is 23.0 Å². The maximum atomic E-state index is 12.7. The third-order valence-electron chi connectivity index (χ3n) is 7.34. The molecule has 4 heterocycles. The van der Waals surface area contributed by atoms with Crippen molar-refractivity contribution in [3.63, 3.8) is 0 Å². The van der Waals surface area contributed by atoms with Gasteiger partial charge in [0.25, 0.3) is 0 Å². The second kappa shape index (κ2) is 6.38. The highest BCUT2D eigenvalue weighted by molar-refractivity contribution is 7.92. The number of hydrogen-bond donors (Lipinski definition) is 0. The van der Waals surface area contributed by atoms with Gasteiger partial charge in [-0.1, -0.05) is 60.7 Å². The van der Waals surface area contributed by atoms with E-state index in [0.717, 1.165) is 11.1 Å². The lowest BCUT2D eigenvalue weighted by molar-refractivity contribution is -0.0208. The summed E-state index contributed by atoms with van der Waals surface area (Å²) in [7, 11) is -6.25. The average molecular weight is 445 g/mol. The number of rotatable bonds is 2. The molecule has 6 atom stereocenters. The molecule has 4 fully saturated rings. The van der Waals surface area contributed by atoms with E-state index in [1.165, 1.54) is 0 Å². The molecule has 6 rings (SSSR count). The van der Waals surface area contributed by atoms with E-state index in [1.807, 2.05) is 60.7 Å². The van der Waals surface area contributed by atoms with Crippen molar-refractivity contribution in [3.8, 4) is 0 Å². The van der Waals surface area contributed by atoms with Gasteiger partial charge >= 0.3 is 0 Å². The van der Waals surface area contributed by atoms with Crippen LogP contribution in [0.4, 0.5) is 0 Å². The molecule has 158 valence electrons. The van der Waals surface area contributed by atoms with E-state index in [-0.39, 0.29) is 59.0 Å². The molecule has 2 aromatic rings. The molecular formula is C22H24N2O4S2. The summed E-state index contributed by atoms with van der Waals surface area (Å²) in [6, 6.07) is 19.6. The lowest BCUT2D eigenvalue weighted by Gasteiger charge is -2.34. The minimum atomic E-state index is -3.12. The molecule has 0 aliphatic carbocycles. The molecule has 4 aliphatic heterocycles. The molecular weight excluding hydrogens is 420 g/mol. The topological polar surface area (TPSA) is 74.8 Å². The van der Waals surface area contributed by atoms with Crippen LogP contribution in [0.25, 0.3) is 0 Å². The van der Waals surface area contributed by atoms with Crippen LogP contribution in [0.15, 0.2) is 60.7 Å². The van der Waals surface area contributed by atoms with Gasteiger partial charge in [0.15, 0.2) is 19.7 Å². The van der Waals surface area contributed by atoms with Crippen LogP contribution < -0.4 is 0 Å². The van der Waals surface area contributed by atoms with Gasteiger partial charge in [0.1, 0.15) is 0 Å². The Kier molecular flexibility index (Phi) is 4.04. The van der Waals surface area contributed by atoms with E-state index < -0.39 is 19.7 Å². The van der Waals surface area contributed by atoms with Crippen LogP contribution in [0, 0.1) is 11.8 Å². The molecule has 30 heavy (non-hydrogen) atoms. The fourth-order valence-electron chi connectivity index (χ4n) is 6.40. The maximum absolute atomic E-state index is 12.7. The Bertz CT molecular complexity index is 1090. The number of fused-ring (bicyclic) bond motifs is 5. The molecule has 0 bridgehead atoms. The van der Waals surface area contributed by atoms with E-state index in [2.05, 4.69) is 10.0 Å². The quantitative estimate of drug-likeness (QED) is 0.704. The Morgan fingerprint density at radius 3 is 1.30 bits per heavy atom. The third kappa shape index (κ3) is 2.74. The van der Waals surface area contributed by atoms with E-state index in [1.54, 1.807) is 0 Å². The smallest absolute Gasteiger partial charge is 0.152 e. The molecule has 4 saturated heterocycles. The normalized spacial score (nSPS) is 38.9. The molecule has 0 amide bonds. The summed E-state index contributed by atoms with van der Waals surface area (Å²) < 4.78 is 50.6. The first-order valence-corrected chi connectivity index (χ1v) is 14.1. The van der Waals surface area contributed by atoms with Crippen LogP contribution in [0.3, 0.4) is 0 Å². The van der Waals surface area contributed by atoms with E-state index in [9.17, 15) is 16.8 Å². The minimum absolute atomic E-state index is 0.0483. The van der Waals surface area contributed by atoms with Gasteiger partial charge in [0.2, 0.25) is 0 Å². The van der Waals surface area contributed by atoms with Gasteiger partial charge in [-0.05, 0) is 11.1 Å². The van der Waals surface area contributed by atoms with Gasteiger partial charge < -0.3 is 0 Å². The van der Waals surface area contributed by atoms with Crippen LogP contribution >= 0.6 is 0 Å². The Labute approximate surface area is 177 Å². The molecule has 0 spiro atoms. The summed E-state index contributed by atoms with van der Waals surface area (Å²) in [5, 5.41) is 4.54. The average Bonchev–Trinajstić information content (AvgIpc) is 3.36. The summed E-state index contributed by atoms with van der Waals surface area (Å²) in [6.07, 6.45) is 0. The summed E-state index contributed by atoms with van der Waals surface area (Å²) in [6.45, 7) is 0. The van der Waals surface area contributed by atoms with Crippen LogP contribution in [0.1, 0.15) is 23.2 Å². The molecule has 4 aliphatic rings. The Balaban J connectivity index is 1.54. The van der Waals surface area contributed by atoms with Crippen LogP contribution in [0.5, 0.6) is 0 Å². The Morgan fingerprint density at radius 2 is 0.933 bits per heavy atom.